The van der Waals surface area contributed by atoms with Crippen LogP contribution in [0.1, 0.15) is 18.7 Å². The number of aromatic nitrogens is 3. The van der Waals surface area contributed by atoms with Crippen molar-refractivity contribution < 1.29 is 4.39 Å². The van der Waals surface area contributed by atoms with Crippen molar-refractivity contribution in [1.82, 2.24) is 20.1 Å². The Hall–Kier alpha value is -2.24. The monoisotopic (exact) mass is 344 g/mol. The van der Waals surface area contributed by atoms with Crippen LogP contribution in [0.15, 0.2) is 48.8 Å². The van der Waals surface area contributed by atoms with Gasteiger partial charge >= 0.3 is 0 Å². The average Bonchev–Trinajstić information content (AvgIpc) is 2.97. The Balaban J connectivity index is 0.00000169. The highest BCUT2D eigenvalue weighted by atomic mass is 35.5. The lowest BCUT2D eigenvalue weighted by atomic mass is 9.96. The van der Waals surface area contributed by atoms with Crippen LogP contribution in [-0.4, -0.2) is 21.3 Å². The summed E-state index contributed by atoms with van der Waals surface area (Å²) >= 11 is 0. The number of hydrogen-bond acceptors (Lipinski definition) is 3. The Morgan fingerprint density at radius 2 is 1.79 bits per heavy atom. The molecule has 0 spiro atoms. The quantitative estimate of drug-likeness (QED) is 0.768. The highest BCUT2D eigenvalue weighted by Gasteiger charge is 2.26. The summed E-state index contributed by atoms with van der Waals surface area (Å²) in [6, 6.07) is 10.7. The minimum absolute atomic E-state index is 0. The van der Waals surface area contributed by atoms with E-state index in [1.807, 2.05) is 12.1 Å². The third-order valence-corrected chi connectivity index (χ3v) is 4.26. The van der Waals surface area contributed by atoms with E-state index >= 15 is 0 Å². The third kappa shape index (κ3) is 2.81. The van der Waals surface area contributed by atoms with E-state index in [4.69, 9.17) is 5.10 Å². The molecule has 1 N–H and O–H groups in total. The zero-order chi connectivity index (χ0) is 15.8. The summed E-state index contributed by atoms with van der Waals surface area (Å²) in [6.45, 7) is 3.87. The van der Waals surface area contributed by atoms with Gasteiger partial charge in [-0.25, -0.2) is 4.39 Å². The van der Waals surface area contributed by atoms with Gasteiger partial charge in [0.05, 0.1) is 12.2 Å². The van der Waals surface area contributed by atoms with E-state index in [1.165, 1.54) is 17.8 Å². The Kier molecular flexibility index (Phi) is 4.64. The van der Waals surface area contributed by atoms with Crippen molar-refractivity contribution in [3.05, 3.63) is 60.3 Å². The van der Waals surface area contributed by atoms with Crippen LogP contribution in [0.3, 0.4) is 0 Å². The van der Waals surface area contributed by atoms with Crippen molar-refractivity contribution >= 4 is 12.4 Å². The Labute approximate surface area is 146 Å². The first-order chi connectivity index (χ1) is 11.2. The van der Waals surface area contributed by atoms with Gasteiger partial charge in [0, 0.05) is 36.1 Å². The van der Waals surface area contributed by atoms with Gasteiger partial charge in [-0.15, -0.1) is 12.4 Å². The first-order valence-electron chi connectivity index (χ1n) is 7.74. The first-order valence-corrected chi connectivity index (χ1v) is 7.74. The average molecular weight is 345 g/mol. The zero-order valence-corrected chi connectivity index (χ0v) is 14.1. The Bertz CT molecular complexity index is 830. The number of benzene rings is 1. The van der Waals surface area contributed by atoms with Crippen molar-refractivity contribution in [2.24, 2.45) is 0 Å². The molecule has 3 aromatic rings. The van der Waals surface area contributed by atoms with Gasteiger partial charge in [0.1, 0.15) is 11.5 Å². The van der Waals surface area contributed by atoms with Crippen LogP contribution in [0.2, 0.25) is 0 Å². The van der Waals surface area contributed by atoms with Gasteiger partial charge in [-0.2, -0.15) is 5.10 Å². The van der Waals surface area contributed by atoms with Gasteiger partial charge in [-0.05, 0) is 48.9 Å². The topological polar surface area (TPSA) is 42.7 Å². The lowest BCUT2D eigenvalue weighted by Gasteiger charge is -2.23. The second kappa shape index (κ2) is 6.71. The number of pyridine rings is 1. The number of hydrogen-bond donors (Lipinski definition) is 1. The smallest absolute Gasteiger partial charge is 0.123 e. The van der Waals surface area contributed by atoms with Crippen molar-refractivity contribution in [3.8, 4) is 22.4 Å². The van der Waals surface area contributed by atoms with Gasteiger partial charge < -0.3 is 5.32 Å². The largest absolute Gasteiger partial charge is 0.307 e. The molecule has 0 radical (unpaired) electrons. The maximum absolute atomic E-state index is 13.3. The minimum atomic E-state index is -0.238. The number of halogens is 2. The van der Waals surface area contributed by atoms with E-state index in [-0.39, 0.29) is 24.3 Å². The Morgan fingerprint density at radius 1 is 1.08 bits per heavy atom. The fraction of sp³-hybridized carbons (Fsp3) is 0.222. The van der Waals surface area contributed by atoms with Crippen LogP contribution < -0.4 is 5.32 Å². The normalized spacial score (nSPS) is 16.3. The molecule has 24 heavy (non-hydrogen) atoms. The molecule has 0 saturated heterocycles. The molecule has 1 aliphatic rings. The van der Waals surface area contributed by atoms with Crippen LogP contribution in [0.5, 0.6) is 0 Å². The van der Waals surface area contributed by atoms with Crippen LogP contribution in [0.4, 0.5) is 4.39 Å². The van der Waals surface area contributed by atoms with Crippen molar-refractivity contribution in [1.29, 1.82) is 0 Å². The van der Waals surface area contributed by atoms with Gasteiger partial charge in [-0.3, -0.25) is 9.67 Å². The summed E-state index contributed by atoms with van der Waals surface area (Å²) in [6.07, 6.45) is 3.57. The fourth-order valence-corrected chi connectivity index (χ4v) is 3.18. The molecule has 0 aliphatic carbocycles. The molecule has 4 rings (SSSR count). The van der Waals surface area contributed by atoms with Crippen LogP contribution >= 0.6 is 12.4 Å². The Morgan fingerprint density at radius 3 is 2.50 bits per heavy atom. The summed E-state index contributed by atoms with van der Waals surface area (Å²) < 4.78 is 15.3. The standard InChI is InChI=1S/C18H17FN4.ClH/c1-12-18-16(13-6-8-20-9-7-13)17(22-23(18)11-10-21-12)14-2-4-15(19)5-3-14;/h2-9,12,21H,10-11H2,1H3;1H. The van der Waals surface area contributed by atoms with Crippen LogP contribution in [-0.2, 0) is 6.54 Å². The van der Waals surface area contributed by atoms with Crippen molar-refractivity contribution in [3.63, 3.8) is 0 Å². The van der Waals surface area contributed by atoms with E-state index < -0.39 is 0 Å². The molecule has 1 atom stereocenters. The molecule has 4 nitrogen and oxygen atoms in total. The molecule has 0 amide bonds. The maximum Gasteiger partial charge on any atom is 0.123 e. The summed E-state index contributed by atoms with van der Waals surface area (Å²) in [5.41, 5.74) is 5.16. The molecule has 1 unspecified atom stereocenters. The lowest BCUT2D eigenvalue weighted by Crippen LogP contribution is -2.32. The van der Waals surface area contributed by atoms with Gasteiger partial charge in [0.15, 0.2) is 0 Å². The minimum Gasteiger partial charge on any atom is -0.307 e. The van der Waals surface area contributed by atoms with E-state index in [2.05, 4.69) is 21.9 Å². The molecule has 1 aliphatic heterocycles. The summed E-state index contributed by atoms with van der Waals surface area (Å²) in [5.74, 6) is -0.238. The predicted molar refractivity (Wildman–Crippen MR) is 94.5 cm³/mol. The second-order valence-electron chi connectivity index (χ2n) is 5.75. The van der Waals surface area contributed by atoms with E-state index in [0.717, 1.165) is 35.5 Å². The van der Waals surface area contributed by atoms with Gasteiger partial charge in [0.2, 0.25) is 0 Å². The molecule has 2 aromatic heterocycles. The number of nitrogens with zero attached hydrogens (tertiary/aromatic N) is 3. The second-order valence-corrected chi connectivity index (χ2v) is 5.75. The fourth-order valence-electron chi connectivity index (χ4n) is 3.18. The van der Waals surface area contributed by atoms with Crippen LogP contribution in [0.25, 0.3) is 22.4 Å². The van der Waals surface area contributed by atoms with Gasteiger partial charge in [0.25, 0.3) is 0 Å². The molecule has 1 aromatic carbocycles. The third-order valence-electron chi connectivity index (χ3n) is 4.26. The molecular formula is C18H18ClFN4. The summed E-state index contributed by atoms with van der Waals surface area (Å²) in [5, 5.41) is 8.30. The van der Waals surface area contributed by atoms with Crippen molar-refractivity contribution in [2.45, 2.75) is 19.5 Å². The SMILES string of the molecule is CC1NCCn2nc(-c3ccc(F)cc3)c(-c3ccncc3)c21.Cl. The first kappa shape index (κ1) is 16.6. The molecule has 0 saturated carbocycles. The molecule has 0 fully saturated rings. The highest BCUT2D eigenvalue weighted by Crippen LogP contribution is 2.38. The number of rotatable bonds is 2. The van der Waals surface area contributed by atoms with E-state index in [0.29, 0.717) is 0 Å². The lowest BCUT2D eigenvalue weighted by molar-refractivity contribution is 0.421. The molecular weight excluding hydrogens is 327 g/mol. The number of nitrogens with one attached hydrogen (secondary N) is 1. The maximum atomic E-state index is 13.3. The highest BCUT2D eigenvalue weighted by molar-refractivity contribution is 5.85. The summed E-state index contributed by atoms with van der Waals surface area (Å²) in [4.78, 5) is 4.11. The predicted octanol–water partition coefficient (Wildman–Crippen LogP) is 3.84. The molecule has 0 bridgehead atoms. The number of fused-ring (bicyclic) bond motifs is 1. The zero-order valence-electron chi connectivity index (χ0n) is 13.2. The van der Waals surface area contributed by atoms with E-state index in [9.17, 15) is 4.39 Å². The van der Waals surface area contributed by atoms with E-state index in [1.54, 1.807) is 24.5 Å². The van der Waals surface area contributed by atoms with Crippen molar-refractivity contribution in [2.75, 3.05) is 6.54 Å². The van der Waals surface area contributed by atoms with Crippen LogP contribution in [0, 0.1) is 5.82 Å². The summed E-state index contributed by atoms with van der Waals surface area (Å²) in [7, 11) is 0. The molecule has 6 heteroatoms. The molecule has 3 heterocycles. The van der Waals surface area contributed by atoms with Gasteiger partial charge in [-0.1, -0.05) is 0 Å². The molecule has 124 valence electrons.